The van der Waals surface area contributed by atoms with Gasteiger partial charge < -0.3 is 37.9 Å². The molecule has 5 rings (SSSR count). The number of carbonyl (C=O) groups is 4. The summed E-state index contributed by atoms with van der Waals surface area (Å²) in [6.45, 7) is 15.0. The van der Waals surface area contributed by atoms with Gasteiger partial charge in [-0.05, 0) is 106 Å². The van der Waals surface area contributed by atoms with Crippen LogP contribution in [-0.2, 0) is 57.1 Å². The van der Waals surface area contributed by atoms with E-state index in [1.807, 2.05) is 55.4 Å². The Morgan fingerprint density at radius 2 is 0.660 bits per heavy atom. The minimum Gasteiger partial charge on any atom is -0.462 e. The van der Waals surface area contributed by atoms with Crippen molar-refractivity contribution in [3.8, 4) is 0 Å². The van der Waals surface area contributed by atoms with E-state index in [1.54, 1.807) is 0 Å². The van der Waals surface area contributed by atoms with Gasteiger partial charge in [0.2, 0.25) is 0 Å². The number of hydrogen-bond donors (Lipinski definition) is 0. The zero-order chi connectivity index (χ0) is 38.4. The molecule has 5 fully saturated rings. The summed E-state index contributed by atoms with van der Waals surface area (Å²) in [4.78, 5) is 52.7. The van der Waals surface area contributed by atoms with Crippen LogP contribution >= 0.6 is 0 Å². The van der Waals surface area contributed by atoms with E-state index in [1.165, 1.54) is 0 Å². The lowest BCUT2D eigenvalue weighted by Crippen LogP contribution is -2.34. The van der Waals surface area contributed by atoms with Gasteiger partial charge in [0.1, 0.15) is 24.4 Å². The molecular weight excluding hydrogens is 684 g/mol. The largest absolute Gasteiger partial charge is 0.462 e. The minimum absolute atomic E-state index is 0.115. The summed E-state index contributed by atoms with van der Waals surface area (Å²) in [6.07, 6.45) is 5.97. The molecule has 5 saturated heterocycles. The van der Waals surface area contributed by atoms with E-state index in [9.17, 15) is 19.2 Å². The average Bonchev–Trinajstić information content (AvgIpc) is 3.94. The first-order chi connectivity index (χ1) is 25.2. The van der Waals surface area contributed by atoms with Crippen LogP contribution in [0.2, 0.25) is 0 Å². The van der Waals surface area contributed by atoms with Crippen molar-refractivity contribution in [1.29, 1.82) is 0 Å². The number of hydrogen-bond acceptors (Lipinski definition) is 12. The number of esters is 4. The number of rotatable bonds is 1. The SMILES string of the molecule is CC[C@@H]1C[C@H]2CC[C@H](O2)[C@H](C)C(=O)O[C@@H](C)C[C@@H]2CC[C@@H](O2)[C@@H](C)C(=O)O[C@H](C)C[C@H]2CC[C@H](O2)[C@H](C)C(=O)O[C@@H](C)C[C@@H]2CC[C@@H](O2)[C@@H](C)C(=O)O1. The molecule has 16 atom stereocenters. The first kappa shape index (κ1) is 41.9. The van der Waals surface area contributed by atoms with E-state index in [0.29, 0.717) is 32.1 Å². The fourth-order valence-corrected chi connectivity index (χ4v) is 8.74. The molecule has 0 radical (unpaired) electrons. The van der Waals surface area contributed by atoms with Gasteiger partial charge in [-0.25, -0.2) is 0 Å². The lowest BCUT2D eigenvalue weighted by Gasteiger charge is -2.26. The molecule has 0 aliphatic carbocycles. The van der Waals surface area contributed by atoms with E-state index >= 15 is 0 Å². The van der Waals surface area contributed by atoms with Crippen LogP contribution in [0.3, 0.4) is 0 Å². The Labute approximate surface area is 316 Å². The predicted octanol–water partition coefficient (Wildman–Crippen LogP) is 6.41. The highest BCUT2D eigenvalue weighted by Crippen LogP contribution is 2.35. The van der Waals surface area contributed by atoms with Crippen LogP contribution in [0.4, 0.5) is 0 Å². The normalized spacial score (nSPS) is 44.6. The molecule has 0 aromatic heterocycles. The molecule has 12 heteroatoms. The first-order valence-electron chi connectivity index (χ1n) is 20.6. The molecule has 302 valence electrons. The molecule has 53 heavy (non-hydrogen) atoms. The molecule has 0 aromatic carbocycles. The summed E-state index contributed by atoms with van der Waals surface area (Å²) in [7, 11) is 0. The van der Waals surface area contributed by atoms with Gasteiger partial charge in [0, 0.05) is 25.7 Å². The van der Waals surface area contributed by atoms with Gasteiger partial charge in [-0.15, -0.1) is 0 Å². The quantitative estimate of drug-likeness (QED) is 0.216. The summed E-state index contributed by atoms with van der Waals surface area (Å²) < 4.78 is 48.7. The van der Waals surface area contributed by atoms with E-state index in [-0.39, 0.29) is 97.1 Å². The molecule has 0 unspecified atom stereocenters. The van der Waals surface area contributed by atoms with Crippen molar-refractivity contribution < 1.29 is 57.1 Å². The van der Waals surface area contributed by atoms with Gasteiger partial charge in [-0.1, -0.05) is 6.92 Å². The summed E-state index contributed by atoms with van der Waals surface area (Å²) in [5.74, 6) is -2.91. The van der Waals surface area contributed by atoms with E-state index in [0.717, 1.165) is 51.4 Å². The molecule has 0 saturated carbocycles. The maximum absolute atomic E-state index is 13.3. The predicted molar refractivity (Wildman–Crippen MR) is 194 cm³/mol. The summed E-state index contributed by atoms with van der Waals surface area (Å²) in [5, 5.41) is 0. The Kier molecular flexibility index (Phi) is 15.0. The Morgan fingerprint density at radius 1 is 0.396 bits per heavy atom. The second kappa shape index (κ2) is 19.0. The highest BCUT2D eigenvalue weighted by molar-refractivity contribution is 5.74. The molecule has 8 bridgehead atoms. The van der Waals surface area contributed by atoms with Crippen molar-refractivity contribution in [2.45, 2.75) is 212 Å². The van der Waals surface area contributed by atoms with E-state index in [2.05, 4.69) is 0 Å². The highest BCUT2D eigenvalue weighted by atomic mass is 16.6. The average molecular weight is 751 g/mol. The van der Waals surface area contributed by atoms with Crippen LogP contribution in [0.15, 0.2) is 0 Å². The van der Waals surface area contributed by atoms with Crippen molar-refractivity contribution in [3.05, 3.63) is 0 Å². The van der Waals surface area contributed by atoms with Crippen molar-refractivity contribution >= 4 is 23.9 Å². The van der Waals surface area contributed by atoms with Crippen LogP contribution in [0.1, 0.15) is 139 Å². The number of fused-ring (bicyclic) bond motifs is 8. The number of cyclic esters (lactones) is 4. The molecule has 0 N–H and O–H groups in total. The standard InChI is InChI=1S/C41H66O12/c1-9-29-21-33-13-17-36(52-33)27(7)40(44)48-23(3)19-31-11-15-34(50-31)25(5)38(42)46-22(2)18-30-10-14-35(49-30)26(6)39(43)47-24(4)20-32-12-16-37(51-32)28(8)41(45)53-29/h22-37H,9-21H2,1-8H3/t22-,23+,24+,25-,26+,27+,28-,29-,30-,31+,32+,33-,34-,35+,36+,37-/m1/s1. The van der Waals surface area contributed by atoms with Gasteiger partial charge in [-0.2, -0.15) is 0 Å². The molecule has 5 heterocycles. The number of carbonyl (C=O) groups excluding carboxylic acids is 4. The number of ether oxygens (including phenoxy) is 8. The molecule has 5 aliphatic heterocycles. The first-order valence-corrected chi connectivity index (χ1v) is 20.6. The maximum Gasteiger partial charge on any atom is 0.311 e. The van der Waals surface area contributed by atoms with Crippen molar-refractivity contribution in [2.24, 2.45) is 23.7 Å². The Balaban J connectivity index is 1.21. The van der Waals surface area contributed by atoms with Crippen LogP contribution in [0, 0.1) is 23.7 Å². The van der Waals surface area contributed by atoms with Crippen LogP contribution in [-0.4, -0.2) is 97.1 Å². The minimum atomic E-state index is -0.435. The lowest BCUT2D eigenvalue weighted by atomic mass is 10.00. The fourth-order valence-electron chi connectivity index (χ4n) is 8.74. The van der Waals surface area contributed by atoms with Crippen molar-refractivity contribution in [1.82, 2.24) is 0 Å². The van der Waals surface area contributed by atoms with Gasteiger partial charge in [0.25, 0.3) is 0 Å². The van der Waals surface area contributed by atoms with Crippen LogP contribution in [0.5, 0.6) is 0 Å². The zero-order valence-corrected chi connectivity index (χ0v) is 33.3. The fraction of sp³-hybridized carbons (Fsp3) is 0.902. The van der Waals surface area contributed by atoms with Crippen LogP contribution < -0.4 is 0 Å². The van der Waals surface area contributed by atoms with E-state index < -0.39 is 23.7 Å². The second-order valence-corrected chi connectivity index (χ2v) is 16.8. The monoisotopic (exact) mass is 750 g/mol. The summed E-state index contributed by atoms with van der Waals surface area (Å²) >= 11 is 0. The lowest BCUT2D eigenvalue weighted by molar-refractivity contribution is -0.161. The third-order valence-corrected chi connectivity index (χ3v) is 12.3. The molecule has 0 amide bonds. The smallest absolute Gasteiger partial charge is 0.311 e. The third kappa shape index (κ3) is 11.4. The third-order valence-electron chi connectivity index (χ3n) is 12.3. The molecule has 5 aliphatic rings. The van der Waals surface area contributed by atoms with Gasteiger partial charge >= 0.3 is 23.9 Å². The zero-order valence-electron chi connectivity index (χ0n) is 33.3. The topological polar surface area (TPSA) is 142 Å². The summed E-state index contributed by atoms with van der Waals surface area (Å²) in [6, 6.07) is 0. The Bertz CT molecular complexity index is 1240. The van der Waals surface area contributed by atoms with E-state index in [4.69, 9.17) is 37.9 Å². The Morgan fingerprint density at radius 3 is 0.943 bits per heavy atom. The van der Waals surface area contributed by atoms with Crippen molar-refractivity contribution in [3.63, 3.8) is 0 Å². The molecule has 0 aromatic rings. The van der Waals surface area contributed by atoms with Gasteiger partial charge in [0.05, 0.1) is 72.5 Å². The van der Waals surface area contributed by atoms with Gasteiger partial charge in [-0.3, -0.25) is 19.2 Å². The van der Waals surface area contributed by atoms with Crippen LogP contribution in [0.25, 0.3) is 0 Å². The molecule has 12 nitrogen and oxygen atoms in total. The molecule has 0 spiro atoms. The molecular formula is C41H66O12. The van der Waals surface area contributed by atoms with Crippen molar-refractivity contribution in [2.75, 3.05) is 0 Å². The highest BCUT2D eigenvalue weighted by Gasteiger charge is 2.41. The maximum atomic E-state index is 13.3. The van der Waals surface area contributed by atoms with Gasteiger partial charge in [0.15, 0.2) is 0 Å². The summed E-state index contributed by atoms with van der Waals surface area (Å²) in [5.41, 5.74) is 0. The Hall–Kier alpha value is -2.28. The second-order valence-electron chi connectivity index (χ2n) is 16.8.